The van der Waals surface area contributed by atoms with Gasteiger partial charge in [-0.2, -0.15) is 18.2 Å². The Balaban J connectivity index is 2.13. The fourth-order valence-electron chi connectivity index (χ4n) is 1.33. The molecule has 0 aliphatic carbocycles. The molecule has 94 valence electrons. The molecule has 0 amide bonds. The Morgan fingerprint density at radius 1 is 1.11 bits per heavy atom. The maximum absolute atomic E-state index is 12.3. The Morgan fingerprint density at radius 3 is 2.28 bits per heavy atom. The maximum atomic E-state index is 12.3. The molecule has 0 fully saturated rings. The van der Waals surface area contributed by atoms with Crippen LogP contribution in [0.1, 0.15) is 22.8 Å². The third kappa shape index (κ3) is 2.97. The first-order chi connectivity index (χ1) is 8.45. The lowest BCUT2D eigenvalue weighted by Crippen LogP contribution is -2.03. The van der Waals surface area contributed by atoms with Crippen molar-refractivity contribution in [3.05, 3.63) is 47.1 Å². The first-order valence-electron chi connectivity index (χ1n) is 5.11. The number of aryl methyl sites for hydroxylation is 1. The Bertz CT molecular complexity index is 555. The molecular weight excluding hydrogens is 245 g/mol. The summed E-state index contributed by atoms with van der Waals surface area (Å²) in [7, 11) is 0. The largest absolute Gasteiger partial charge is 0.416 e. The molecule has 18 heavy (non-hydrogen) atoms. The van der Waals surface area contributed by atoms with Crippen molar-refractivity contribution in [2.75, 3.05) is 0 Å². The minimum absolute atomic E-state index is 0.312. The summed E-state index contributed by atoms with van der Waals surface area (Å²) in [4.78, 5) is 3.94. The topological polar surface area (TPSA) is 38.9 Å². The SMILES string of the molecule is Cc1noc(/C=C/c2ccc(C(F)(F)F)cc2)n1. The van der Waals surface area contributed by atoms with Crippen molar-refractivity contribution in [1.82, 2.24) is 10.1 Å². The van der Waals surface area contributed by atoms with Gasteiger partial charge >= 0.3 is 6.18 Å². The van der Waals surface area contributed by atoms with Crippen LogP contribution in [0.5, 0.6) is 0 Å². The molecule has 1 aromatic heterocycles. The summed E-state index contributed by atoms with van der Waals surface area (Å²) in [5, 5.41) is 3.59. The number of hydrogen-bond donors (Lipinski definition) is 0. The van der Waals surface area contributed by atoms with Crippen LogP contribution in [0.3, 0.4) is 0 Å². The van der Waals surface area contributed by atoms with E-state index in [0.717, 1.165) is 12.1 Å². The van der Waals surface area contributed by atoms with Crippen LogP contribution in [0.4, 0.5) is 13.2 Å². The predicted molar refractivity (Wildman–Crippen MR) is 59.4 cm³/mol. The molecule has 1 aromatic carbocycles. The Morgan fingerprint density at radius 2 is 1.78 bits per heavy atom. The lowest BCUT2D eigenvalue weighted by atomic mass is 10.1. The number of aromatic nitrogens is 2. The minimum atomic E-state index is -4.31. The van der Waals surface area contributed by atoms with E-state index in [9.17, 15) is 13.2 Å². The van der Waals surface area contributed by atoms with Gasteiger partial charge in [0.1, 0.15) is 0 Å². The van der Waals surface area contributed by atoms with Crippen molar-refractivity contribution >= 4 is 12.2 Å². The number of rotatable bonds is 2. The van der Waals surface area contributed by atoms with E-state index in [1.54, 1.807) is 19.1 Å². The van der Waals surface area contributed by atoms with Crippen molar-refractivity contribution in [2.24, 2.45) is 0 Å². The number of alkyl halides is 3. The van der Waals surface area contributed by atoms with Gasteiger partial charge in [-0.3, -0.25) is 0 Å². The fraction of sp³-hybridized carbons (Fsp3) is 0.167. The predicted octanol–water partition coefficient (Wildman–Crippen LogP) is 3.57. The molecule has 0 saturated carbocycles. The zero-order valence-electron chi connectivity index (χ0n) is 9.40. The summed E-state index contributed by atoms with van der Waals surface area (Å²) < 4.78 is 41.8. The third-order valence-corrected chi connectivity index (χ3v) is 2.20. The molecule has 0 bridgehead atoms. The molecule has 0 N–H and O–H groups in total. The van der Waals surface area contributed by atoms with Crippen molar-refractivity contribution in [3.8, 4) is 0 Å². The molecule has 0 aliphatic rings. The third-order valence-electron chi connectivity index (χ3n) is 2.20. The van der Waals surface area contributed by atoms with Gasteiger partial charge in [-0.05, 0) is 30.7 Å². The van der Waals surface area contributed by atoms with Crippen LogP contribution in [0.25, 0.3) is 12.2 Å². The molecule has 0 radical (unpaired) electrons. The zero-order chi connectivity index (χ0) is 13.2. The van der Waals surface area contributed by atoms with E-state index in [1.165, 1.54) is 12.1 Å². The molecule has 3 nitrogen and oxygen atoms in total. The van der Waals surface area contributed by atoms with E-state index in [1.807, 2.05) is 0 Å². The van der Waals surface area contributed by atoms with Crippen molar-refractivity contribution in [1.29, 1.82) is 0 Å². The number of benzene rings is 1. The highest BCUT2D eigenvalue weighted by atomic mass is 19.4. The maximum Gasteiger partial charge on any atom is 0.416 e. The summed E-state index contributed by atoms with van der Waals surface area (Å²) in [5.41, 5.74) is -0.0489. The smallest absolute Gasteiger partial charge is 0.335 e. The standard InChI is InChI=1S/C12H9F3N2O/c1-8-16-11(18-17-8)7-4-9-2-5-10(6-3-9)12(13,14)15/h2-7H,1H3/b7-4+. The van der Waals surface area contributed by atoms with Crippen LogP contribution >= 0.6 is 0 Å². The van der Waals surface area contributed by atoms with E-state index in [0.29, 0.717) is 17.3 Å². The van der Waals surface area contributed by atoms with Gasteiger partial charge in [-0.1, -0.05) is 17.3 Å². The molecule has 2 aromatic rings. The van der Waals surface area contributed by atoms with Crippen LogP contribution < -0.4 is 0 Å². The van der Waals surface area contributed by atoms with Crippen LogP contribution in [0, 0.1) is 6.92 Å². The fourth-order valence-corrected chi connectivity index (χ4v) is 1.33. The van der Waals surface area contributed by atoms with Crippen LogP contribution in [0.15, 0.2) is 28.8 Å². The normalized spacial score (nSPS) is 12.2. The molecule has 0 saturated heterocycles. The summed E-state index contributed by atoms with van der Waals surface area (Å²) >= 11 is 0. The number of nitrogens with zero attached hydrogens (tertiary/aromatic N) is 2. The average Bonchev–Trinajstić information content (AvgIpc) is 2.72. The molecular formula is C12H9F3N2O. The summed E-state index contributed by atoms with van der Waals surface area (Å²) in [6.45, 7) is 1.68. The molecule has 0 unspecified atom stereocenters. The summed E-state index contributed by atoms with van der Waals surface area (Å²) in [5.74, 6) is 0.814. The second kappa shape index (κ2) is 4.64. The van der Waals surface area contributed by atoms with E-state index in [4.69, 9.17) is 4.52 Å². The number of hydrogen-bond acceptors (Lipinski definition) is 3. The van der Waals surface area contributed by atoms with Gasteiger partial charge in [-0.15, -0.1) is 0 Å². The second-order valence-electron chi connectivity index (χ2n) is 3.63. The van der Waals surface area contributed by atoms with E-state index in [-0.39, 0.29) is 0 Å². The van der Waals surface area contributed by atoms with Crippen LogP contribution in [-0.4, -0.2) is 10.1 Å². The van der Waals surface area contributed by atoms with Gasteiger partial charge in [0.05, 0.1) is 5.56 Å². The molecule has 1 heterocycles. The zero-order valence-corrected chi connectivity index (χ0v) is 9.40. The van der Waals surface area contributed by atoms with E-state index < -0.39 is 11.7 Å². The quantitative estimate of drug-likeness (QED) is 0.822. The van der Waals surface area contributed by atoms with E-state index >= 15 is 0 Å². The molecule has 0 spiro atoms. The highest BCUT2D eigenvalue weighted by Gasteiger charge is 2.29. The van der Waals surface area contributed by atoms with Gasteiger partial charge in [0.15, 0.2) is 5.82 Å². The highest BCUT2D eigenvalue weighted by Crippen LogP contribution is 2.29. The molecule has 2 rings (SSSR count). The van der Waals surface area contributed by atoms with Crippen molar-refractivity contribution < 1.29 is 17.7 Å². The monoisotopic (exact) mass is 254 g/mol. The lowest BCUT2D eigenvalue weighted by molar-refractivity contribution is -0.137. The summed E-state index contributed by atoms with van der Waals surface area (Å²) in [6, 6.07) is 4.81. The first kappa shape index (κ1) is 12.3. The number of halogens is 3. The first-order valence-corrected chi connectivity index (χ1v) is 5.11. The van der Waals surface area contributed by atoms with Crippen LogP contribution in [-0.2, 0) is 6.18 Å². The van der Waals surface area contributed by atoms with Crippen LogP contribution in [0.2, 0.25) is 0 Å². The minimum Gasteiger partial charge on any atom is -0.335 e. The second-order valence-corrected chi connectivity index (χ2v) is 3.63. The van der Waals surface area contributed by atoms with E-state index in [2.05, 4.69) is 10.1 Å². The van der Waals surface area contributed by atoms with Crippen molar-refractivity contribution in [3.63, 3.8) is 0 Å². The van der Waals surface area contributed by atoms with Gasteiger partial charge in [0.25, 0.3) is 5.89 Å². The van der Waals surface area contributed by atoms with Gasteiger partial charge in [-0.25, -0.2) is 0 Å². The Labute approximate surface area is 101 Å². The molecule has 0 aliphatic heterocycles. The Hall–Kier alpha value is -2.11. The highest BCUT2D eigenvalue weighted by molar-refractivity contribution is 5.66. The summed E-state index contributed by atoms with van der Waals surface area (Å²) in [6.07, 6.45) is -1.17. The average molecular weight is 254 g/mol. The van der Waals surface area contributed by atoms with Gasteiger partial charge in [0, 0.05) is 6.08 Å². The molecule has 0 atom stereocenters. The van der Waals surface area contributed by atoms with Gasteiger partial charge in [0.2, 0.25) is 0 Å². The lowest BCUT2D eigenvalue weighted by Gasteiger charge is -2.05. The molecule has 6 heteroatoms. The van der Waals surface area contributed by atoms with Crippen molar-refractivity contribution in [2.45, 2.75) is 13.1 Å². The Kier molecular flexibility index (Phi) is 3.18. The van der Waals surface area contributed by atoms with Gasteiger partial charge < -0.3 is 4.52 Å².